The predicted octanol–water partition coefficient (Wildman–Crippen LogP) is 4.63. The normalized spacial score (nSPS) is 10.7. The lowest BCUT2D eigenvalue weighted by atomic mass is 10.3. The zero-order valence-electron chi connectivity index (χ0n) is 12.1. The first kappa shape index (κ1) is 15.7. The topological polar surface area (TPSA) is 51.2 Å². The summed E-state index contributed by atoms with van der Waals surface area (Å²) in [5.74, 6) is 0.0887. The van der Waals surface area contributed by atoms with Gasteiger partial charge in [-0.25, -0.2) is 9.37 Å². The van der Waals surface area contributed by atoms with Crippen molar-refractivity contribution < 1.29 is 13.9 Å². The molecule has 0 atom stereocenters. The number of halogens is 2. The molecule has 4 nitrogen and oxygen atoms in total. The van der Waals surface area contributed by atoms with Crippen LogP contribution in [0.3, 0.4) is 0 Å². The Morgan fingerprint density at radius 1 is 1.35 bits per heavy atom. The van der Waals surface area contributed by atoms with Gasteiger partial charge in [-0.3, -0.25) is 4.79 Å². The fourth-order valence-corrected chi connectivity index (χ4v) is 3.15. The zero-order chi connectivity index (χ0) is 16.4. The molecule has 1 N–H and O–H groups in total. The van der Waals surface area contributed by atoms with Crippen molar-refractivity contribution in [2.24, 2.45) is 0 Å². The summed E-state index contributed by atoms with van der Waals surface area (Å²) in [4.78, 5) is 15.4. The monoisotopic (exact) mass is 350 g/mol. The number of carbonyl (C=O) groups is 1. The van der Waals surface area contributed by atoms with Gasteiger partial charge in [0.1, 0.15) is 23.2 Å². The molecule has 0 radical (unpaired) electrons. The number of anilines is 1. The number of fused-ring (bicyclic) bond motifs is 1. The van der Waals surface area contributed by atoms with Crippen LogP contribution in [0.1, 0.15) is 11.9 Å². The summed E-state index contributed by atoms with van der Waals surface area (Å²) in [5, 5.41) is 3.76. The van der Waals surface area contributed by atoms with Crippen molar-refractivity contribution in [1.82, 2.24) is 4.98 Å². The van der Waals surface area contributed by atoms with Crippen LogP contribution < -0.4 is 10.1 Å². The van der Waals surface area contributed by atoms with Crippen LogP contribution in [-0.2, 0) is 11.4 Å². The second-order valence-corrected chi connectivity index (χ2v) is 6.35. The highest BCUT2D eigenvalue weighted by molar-refractivity contribution is 7.18. The third-order valence-corrected chi connectivity index (χ3v) is 4.31. The van der Waals surface area contributed by atoms with E-state index in [1.807, 2.05) is 0 Å². The van der Waals surface area contributed by atoms with Crippen molar-refractivity contribution >= 4 is 44.7 Å². The number of thiazole rings is 1. The van der Waals surface area contributed by atoms with Crippen molar-refractivity contribution in [1.29, 1.82) is 0 Å². The van der Waals surface area contributed by atoms with Gasteiger partial charge in [-0.15, -0.1) is 11.3 Å². The lowest BCUT2D eigenvalue weighted by molar-refractivity contribution is -0.114. The second kappa shape index (κ2) is 6.52. The van der Waals surface area contributed by atoms with Gasteiger partial charge in [-0.2, -0.15) is 0 Å². The Morgan fingerprint density at radius 3 is 2.91 bits per heavy atom. The molecule has 0 aliphatic heterocycles. The number of benzene rings is 2. The molecule has 0 bridgehead atoms. The van der Waals surface area contributed by atoms with Gasteiger partial charge in [0.15, 0.2) is 0 Å². The molecule has 0 spiro atoms. The predicted molar refractivity (Wildman–Crippen MR) is 89.7 cm³/mol. The van der Waals surface area contributed by atoms with Gasteiger partial charge < -0.3 is 10.1 Å². The molecule has 1 aromatic heterocycles. The third kappa shape index (κ3) is 3.78. The lowest BCUT2D eigenvalue weighted by Gasteiger charge is -2.08. The van der Waals surface area contributed by atoms with Gasteiger partial charge in [-0.05, 0) is 30.3 Å². The number of carbonyl (C=O) groups excluding carboxylic acids is 1. The van der Waals surface area contributed by atoms with E-state index >= 15 is 0 Å². The maximum absolute atomic E-state index is 13.2. The highest BCUT2D eigenvalue weighted by Crippen LogP contribution is 2.28. The van der Waals surface area contributed by atoms with Crippen molar-refractivity contribution in [3.63, 3.8) is 0 Å². The van der Waals surface area contributed by atoms with Crippen LogP contribution in [0.5, 0.6) is 5.75 Å². The Kier molecular flexibility index (Phi) is 4.45. The van der Waals surface area contributed by atoms with E-state index in [0.717, 1.165) is 15.2 Å². The van der Waals surface area contributed by atoms with Gasteiger partial charge in [0.25, 0.3) is 0 Å². The number of hydrogen-bond donors (Lipinski definition) is 1. The van der Waals surface area contributed by atoms with Crippen molar-refractivity contribution in [3.05, 3.63) is 52.2 Å². The van der Waals surface area contributed by atoms with Crippen LogP contribution in [-0.4, -0.2) is 10.9 Å². The van der Waals surface area contributed by atoms with E-state index in [1.54, 1.807) is 24.3 Å². The van der Waals surface area contributed by atoms with Gasteiger partial charge >= 0.3 is 0 Å². The molecule has 0 unspecified atom stereocenters. The van der Waals surface area contributed by atoms with Crippen LogP contribution in [0.15, 0.2) is 36.4 Å². The molecule has 0 saturated heterocycles. The first-order chi connectivity index (χ1) is 11.0. The number of rotatable bonds is 4. The zero-order valence-corrected chi connectivity index (χ0v) is 13.7. The van der Waals surface area contributed by atoms with Crippen LogP contribution in [0, 0.1) is 5.82 Å². The molecule has 23 heavy (non-hydrogen) atoms. The Bertz CT molecular complexity index is 882. The second-order valence-electron chi connectivity index (χ2n) is 4.83. The SMILES string of the molecule is CC(=O)Nc1ccc(OCc2nc3ccc(F)cc3s2)cc1Cl. The summed E-state index contributed by atoms with van der Waals surface area (Å²) in [7, 11) is 0. The third-order valence-electron chi connectivity index (χ3n) is 3.01. The van der Waals surface area contributed by atoms with Gasteiger partial charge in [0.05, 0.1) is 20.9 Å². The molecule has 3 rings (SSSR count). The van der Waals surface area contributed by atoms with Crippen LogP contribution >= 0.6 is 22.9 Å². The first-order valence-electron chi connectivity index (χ1n) is 6.76. The summed E-state index contributed by atoms with van der Waals surface area (Å²) in [6, 6.07) is 9.49. The molecule has 1 amide bonds. The van der Waals surface area contributed by atoms with E-state index in [2.05, 4.69) is 10.3 Å². The minimum Gasteiger partial charge on any atom is -0.486 e. The lowest BCUT2D eigenvalue weighted by Crippen LogP contribution is -2.06. The number of nitrogens with zero attached hydrogens (tertiary/aromatic N) is 1. The van der Waals surface area contributed by atoms with E-state index < -0.39 is 0 Å². The highest BCUT2D eigenvalue weighted by Gasteiger charge is 2.08. The maximum Gasteiger partial charge on any atom is 0.221 e. The summed E-state index contributed by atoms with van der Waals surface area (Å²) in [5.41, 5.74) is 1.27. The number of amides is 1. The van der Waals surface area contributed by atoms with Gasteiger partial charge in [0, 0.05) is 13.0 Å². The summed E-state index contributed by atoms with van der Waals surface area (Å²) < 4.78 is 19.6. The maximum atomic E-state index is 13.2. The average molecular weight is 351 g/mol. The number of nitrogens with one attached hydrogen (secondary N) is 1. The van der Waals surface area contributed by atoms with Crippen molar-refractivity contribution in [3.8, 4) is 5.75 Å². The van der Waals surface area contributed by atoms with E-state index in [1.165, 1.54) is 30.4 Å². The molecule has 1 heterocycles. The molecule has 0 aliphatic rings. The molecule has 0 fully saturated rings. The molecule has 2 aromatic carbocycles. The quantitative estimate of drug-likeness (QED) is 0.746. The summed E-state index contributed by atoms with van der Waals surface area (Å²) in [6.07, 6.45) is 0. The molecular formula is C16H12ClFN2O2S. The first-order valence-corrected chi connectivity index (χ1v) is 7.95. The molecule has 3 aromatic rings. The van der Waals surface area contributed by atoms with Crippen molar-refractivity contribution in [2.45, 2.75) is 13.5 Å². The molecular weight excluding hydrogens is 339 g/mol. The van der Waals surface area contributed by atoms with E-state index in [0.29, 0.717) is 16.5 Å². The number of aromatic nitrogens is 1. The van der Waals surface area contributed by atoms with E-state index in [4.69, 9.17) is 16.3 Å². The fraction of sp³-hybridized carbons (Fsp3) is 0.125. The fourth-order valence-electron chi connectivity index (χ4n) is 2.03. The Labute approximate surface area is 140 Å². The number of hydrogen-bond acceptors (Lipinski definition) is 4. The van der Waals surface area contributed by atoms with Crippen LogP contribution in [0.2, 0.25) is 5.02 Å². The van der Waals surface area contributed by atoms with Crippen molar-refractivity contribution in [2.75, 3.05) is 5.32 Å². The summed E-state index contributed by atoms with van der Waals surface area (Å²) in [6.45, 7) is 1.67. The molecule has 118 valence electrons. The van der Waals surface area contributed by atoms with Crippen LogP contribution in [0.4, 0.5) is 10.1 Å². The Morgan fingerprint density at radius 2 is 2.17 bits per heavy atom. The molecule has 0 saturated carbocycles. The smallest absolute Gasteiger partial charge is 0.221 e. The van der Waals surface area contributed by atoms with Gasteiger partial charge in [0.2, 0.25) is 5.91 Å². The molecule has 0 aliphatic carbocycles. The number of ether oxygens (including phenoxy) is 1. The Hall–Kier alpha value is -2.18. The largest absolute Gasteiger partial charge is 0.486 e. The molecule has 7 heteroatoms. The van der Waals surface area contributed by atoms with E-state index in [-0.39, 0.29) is 18.3 Å². The standard InChI is InChI=1S/C16H12ClFN2O2S/c1-9(21)19-13-5-3-11(7-12(13)17)22-8-16-20-14-4-2-10(18)6-15(14)23-16/h2-7H,8H2,1H3,(H,19,21). The summed E-state index contributed by atoms with van der Waals surface area (Å²) >= 11 is 7.47. The minimum atomic E-state index is -0.283. The highest BCUT2D eigenvalue weighted by atomic mass is 35.5. The van der Waals surface area contributed by atoms with Crippen LogP contribution in [0.25, 0.3) is 10.2 Å². The average Bonchev–Trinajstić information content (AvgIpc) is 2.89. The Balaban J connectivity index is 1.71. The van der Waals surface area contributed by atoms with E-state index in [9.17, 15) is 9.18 Å². The van der Waals surface area contributed by atoms with Gasteiger partial charge in [-0.1, -0.05) is 11.6 Å². The minimum absolute atomic E-state index is 0.192.